The molecule has 0 bridgehead atoms. The summed E-state index contributed by atoms with van der Waals surface area (Å²) in [5.41, 5.74) is 1.13. The summed E-state index contributed by atoms with van der Waals surface area (Å²) in [6.07, 6.45) is 2.33. The van der Waals surface area contributed by atoms with E-state index >= 15 is 0 Å². The van der Waals surface area contributed by atoms with Crippen molar-refractivity contribution in [1.29, 1.82) is 0 Å². The number of carboxylic acid groups (broad SMARTS) is 1. The number of aromatic carboxylic acids is 1. The normalized spacial score (nSPS) is 11.0. The van der Waals surface area contributed by atoms with Crippen molar-refractivity contribution < 1.29 is 15.0 Å². The van der Waals surface area contributed by atoms with Gasteiger partial charge in [-0.1, -0.05) is 19.1 Å². The third-order valence-corrected chi connectivity index (χ3v) is 4.03. The highest BCUT2D eigenvalue weighted by molar-refractivity contribution is 5.92. The molecule has 0 amide bonds. The first kappa shape index (κ1) is 14.9. The van der Waals surface area contributed by atoms with Crippen molar-refractivity contribution in [2.75, 3.05) is 0 Å². The molecule has 0 fully saturated rings. The van der Waals surface area contributed by atoms with Crippen LogP contribution in [0.4, 0.5) is 0 Å². The number of aryl methyl sites for hydroxylation is 1. The summed E-state index contributed by atoms with van der Waals surface area (Å²) >= 11 is 0. The van der Waals surface area contributed by atoms with E-state index in [4.69, 9.17) is 5.11 Å². The fourth-order valence-electron chi connectivity index (χ4n) is 2.84. The first-order valence-corrected chi connectivity index (χ1v) is 7.21. The lowest BCUT2D eigenvalue weighted by molar-refractivity contribution is 0.0691. The van der Waals surface area contributed by atoms with Crippen molar-refractivity contribution >= 4 is 16.9 Å². The van der Waals surface area contributed by atoms with E-state index in [-0.39, 0.29) is 0 Å². The summed E-state index contributed by atoms with van der Waals surface area (Å²) in [6, 6.07) is 7.64. The molecular weight excluding hydrogens is 296 g/mol. The number of pyridine rings is 1. The largest absolute Gasteiger partial charge is 0.506 e. The van der Waals surface area contributed by atoms with Crippen LogP contribution >= 0.6 is 0 Å². The molecule has 0 aliphatic carbocycles. The number of nitrogens with zero attached hydrogens (tertiary/aromatic N) is 1. The van der Waals surface area contributed by atoms with Crippen LogP contribution < -0.4 is 5.56 Å². The van der Waals surface area contributed by atoms with Gasteiger partial charge in [0.1, 0.15) is 5.75 Å². The molecule has 3 N–H and O–H groups in total. The van der Waals surface area contributed by atoms with E-state index in [0.717, 1.165) is 16.5 Å². The number of carbonyl (C=O) groups is 1. The lowest BCUT2D eigenvalue weighted by Crippen LogP contribution is -2.20. The number of hydrogen-bond donors (Lipinski definition) is 3. The Morgan fingerprint density at radius 3 is 2.70 bits per heavy atom. The molecule has 0 saturated carbocycles. The third kappa shape index (κ3) is 2.28. The van der Waals surface area contributed by atoms with Gasteiger partial charge in [0.05, 0.1) is 5.69 Å². The van der Waals surface area contributed by atoms with Gasteiger partial charge >= 0.3 is 5.97 Å². The van der Waals surface area contributed by atoms with Crippen molar-refractivity contribution in [2.24, 2.45) is 7.05 Å². The number of aromatic amines is 1. The fourth-order valence-corrected chi connectivity index (χ4v) is 2.84. The number of rotatable bonds is 3. The number of hydrogen-bond acceptors (Lipinski definition) is 3. The number of carboxylic acids is 1. The van der Waals surface area contributed by atoms with Crippen molar-refractivity contribution in [3.63, 3.8) is 0 Å². The summed E-state index contributed by atoms with van der Waals surface area (Å²) in [7, 11) is 1.92. The van der Waals surface area contributed by atoms with Gasteiger partial charge in [-0.2, -0.15) is 0 Å². The molecule has 2 heterocycles. The van der Waals surface area contributed by atoms with Crippen LogP contribution in [0.3, 0.4) is 0 Å². The smallest absolute Gasteiger partial charge is 0.345 e. The molecule has 23 heavy (non-hydrogen) atoms. The molecule has 3 aromatic rings. The first-order valence-electron chi connectivity index (χ1n) is 7.21. The van der Waals surface area contributed by atoms with Gasteiger partial charge in [-0.05, 0) is 23.9 Å². The van der Waals surface area contributed by atoms with E-state index in [1.807, 2.05) is 42.1 Å². The molecule has 6 nitrogen and oxygen atoms in total. The van der Waals surface area contributed by atoms with Gasteiger partial charge in [-0.3, -0.25) is 4.79 Å². The summed E-state index contributed by atoms with van der Waals surface area (Å²) in [6.45, 7) is 1.80. The number of aromatic hydroxyl groups is 1. The Balaban J connectivity index is 2.31. The monoisotopic (exact) mass is 312 g/mol. The average molecular weight is 312 g/mol. The fraction of sp³-hybridized carbons (Fsp3) is 0.176. The highest BCUT2D eigenvalue weighted by Crippen LogP contribution is 2.31. The number of fused-ring (bicyclic) bond motifs is 1. The number of aromatic nitrogens is 2. The third-order valence-electron chi connectivity index (χ3n) is 4.03. The second-order valence-corrected chi connectivity index (χ2v) is 5.39. The lowest BCUT2D eigenvalue weighted by Gasteiger charge is -2.12. The Morgan fingerprint density at radius 2 is 2.04 bits per heavy atom. The Hall–Kier alpha value is -3.02. The quantitative estimate of drug-likeness (QED) is 0.692. The minimum atomic E-state index is -1.44. The van der Waals surface area contributed by atoms with Crippen LogP contribution in [0.25, 0.3) is 22.2 Å². The van der Waals surface area contributed by atoms with Crippen molar-refractivity contribution in [2.45, 2.75) is 13.3 Å². The minimum Gasteiger partial charge on any atom is -0.506 e. The molecule has 0 atom stereocenters. The SMILES string of the molecule is CCc1c(-c2ccc3ccn(C)c3c2)[nH]c(=O)c(C(=O)O)c1O. The van der Waals surface area contributed by atoms with Crippen molar-refractivity contribution in [3.8, 4) is 17.0 Å². The molecule has 0 saturated heterocycles. The van der Waals surface area contributed by atoms with Crippen LogP contribution in [0.1, 0.15) is 22.8 Å². The summed E-state index contributed by atoms with van der Waals surface area (Å²) < 4.78 is 1.95. The summed E-state index contributed by atoms with van der Waals surface area (Å²) in [4.78, 5) is 25.8. The predicted molar refractivity (Wildman–Crippen MR) is 87.0 cm³/mol. The van der Waals surface area contributed by atoms with Gasteiger partial charge in [0.25, 0.3) is 5.56 Å². The van der Waals surface area contributed by atoms with E-state index in [9.17, 15) is 14.7 Å². The van der Waals surface area contributed by atoms with E-state index in [2.05, 4.69) is 4.98 Å². The molecule has 3 rings (SSSR count). The average Bonchev–Trinajstić information content (AvgIpc) is 2.87. The molecule has 6 heteroatoms. The molecule has 1 aromatic carbocycles. The number of H-pyrrole nitrogens is 1. The Labute approximate surface area is 131 Å². The van der Waals surface area contributed by atoms with Crippen LogP contribution in [-0.4, -0.2) is 25.7 Å². The van der Waals surface area contributed by atoms with Gasteiger partial charge in [0.2, 0.25) is 0 Å². The Morgan fingerprint density at radius 1 is 1.30 bits per heavy atom. The summed E-state index contributed by atoms with van der Waals surface area (Å²) in [5.74, 6) is -1.91. The standard InChI is InChI=1S/C17H16N2O4/c1-3-11-14(18-16(21)13(15(11)20)17(22)23)10-5-4-9-6-7-19(2)12(9)8-10/h4-8H,3H2,1-2H3,(H,22,23)(H2,18,20,21). The highest BCUT2D eigenvalue weighted by Gasteiger charge is 2.21. The zero-order valence-corrected chi connectivity index (χ0v) is 12.8. The molecule has 0 unspecified atom stereocenters. The Bertz CT molecular complexity index is 982. The predicted octanol–water partition coefficient (Wildman–Crippen LogP) is 2.50. The highest BCUT2D eigenvalue weighted by atomic mass is 16.4. The summed E-state index contributed by atoms with van der Waals surface area (Å²) in [5, 5.41) is 20.4. The van der Waals surface area contributed by atoms with Gasteiger partial charge in [0.15, 0.2) is 5.56 Å². The van der Waals surface area contributed by atoms with Gasteiger partial charge in [0, 0.05) is 29.9 Å². The van der Waals surface area contributed by atoms with Crippen LogP contribution in [0.15, 0.2) is 35.3 Å². The zero-order valence-electron chi connectivity index (χ0n) is 12.8. The maximum atomic E-state index is 12.0. The van der Waals surface area contributed by atoms with Gasteiger partial charge in [-0.15, -0.1) is 0 Å². The van der Waals surface area contributed by atoms with E-state index in [1.54, 1.807) is 6.92 Å². The van der Waals surface area contributed by atoms with E-state index in [0.29, 0.717) is 17.7 Å². The number of benzene rings is 1. The van der Waals surface area contributed by atoms with Gasteiger partial charge in [-0.25, -0.2) is 4.79 Å². The van der Waals surface area contributed by atoms with Crippen LogP contribution in [0, 0.1) is 0 Å². The van der Waals surface area contributed by atoms with Crippen LogP contribution in [-0.2, 0) is 13.5 Å². The topological polar surface area (TPSA) is 95.3 Å². The molecule has 0 radical (unpaired) electrons. The second kappa shape index (κ2) is 5.31. The molecule has 0 spiro atoms. The van der Waals surface area contributed by atoms with E-state index in [1.165, 1.54) is 0 Å². The van der Waals surface area contributed by atoms with Crippen molar-refractivity contribution in [1.82, 2.24) is 9.55 Å². The molecule has 0 aliphatic heterocycles. The first-order chi connectivity index (χ1) is 10.9. The van der Waals surface area contributed by atoms with Crippen LogP contribution in [0.2, 0.25) is 0 Å². The molecular formula is C17H16N2O4. The van der Waals surface area contributed by atoms with Crippen molar-refractivity contribution in [3.05, 3.63) is 51.9 Å². The van der Waals surface area contributed by atoms with Gasteiger partial charge < -0.3 is 19.8 Å². The van der Waals surface area contributed by atoms with E-state index < -0.39 is 22.8 Å². The second-order valence-electron chi connectivity index (χ2n) is 5.39. The molecule has 118 valence electrons. The maximum absolute atomic E-state index is 12.0. The Kier molecular flexibility index (Phi) is 3.44. The van der Waals surface area contributed by atoms with Crippen LogP contribution in [0.5, 0.6) is 5.75 Å². The lowest BCUT2D eigenvalue weighted by atomic mass is 10.00. The molecule has 2 aromatic heterocycles. The number of nitrogens with one attached hydrogen (secondary N) is 1. The molecule has 0 aliphatic rings. The maximum Gasteiger partial charge on any atom is 0.345 e. The minimum absolute atomic E-state index is 0.392. The zero-order chi connectivity index (χ0) is 16.7.